The Hall–Kier alpha value is -2.55. The van der Waals surface area contributed by atoms with Gasteiger partial charge in [-0.1, -0.05) is 19.3 Å². The average molecular weight is 434 g/mol. The second-order valence-corrected chi connectivity index (χ2v) is 8.44. The number of carbonyl (C=O) groups is 3. The molecule has 2 aliphatic rings. The first-order valence-corrected chi connectivity index (χ1v) is 11.1. The molecule has 2 fully saturated rings. The van der Waals surface area contributed by atoms with Gasteiger partial charge in [0.05, 0.1) is 12.2 Å². The average Bonchev–Trinajstić information content (AvgIpc) is 3.28. The van der Waals surface area contributed by atoms with Gasteiger partial charge in [-0.3, -0.25) is 14.4 Å². The number of hydrogen-bond acceptors (Lipinski definition) is 5. The highest BCUT2D eigenvalue weighted by molar-refractivity contribution is 5.98. The molecule has 0 bridgehead atoms. The van der Waals surface area contributed by atoms with Crippen molar-refractivity contribution in [2.75, 3.05) is 18.9 Å². The smallest absolute Gasteiger partial charge is 0.248 e. The molecule has 3 N–H and O–H groups in total. The summed E-state index contributed by atoms with van der Waals surface area (Å²) in [5.41, 5.74) is 0. The number of rotatable bonds is 7. The minimum Gasteiger partial charge on any atom is -0.343 e. The fourth-order valence-corrected chi connectivity index (χ4v) is 4.40. The number of hydrogen-bond donors (Lipinski definition) is 3. The normalized spacial score (nSPS) is 21.4. The molecule has 170 valence electrons. The summed E-state index contributed by atoms with van der Waals surface area (Å²) < 4.78 is 13.1. The quantitative estimate of drug-likeness (QED) is 0.609. The van der Waals surface area contributed by atoms with Gasteiger partial charge in [0.15, 0.2) is 0 Å². The third kappa shape index (κ3) is 5.78. The van der Waals surface area contributed by atoms with E-state index in [0.717, 1.165) is 38.3 Å². The Kier molecular flexibility index (Phi) is 7.95. The molecule has 3 amide bonds. The van der Waals surface area contributed by atoms with Crippen LogP contribution in [0.15, 0.2) is 18.3 Å². The van der Waals surface area contributed by atoms with E-state index in [-0.39, 0.29) is 29.5 Å². The van der Waals surface area contributed by atoms with Crippen molar-refractivity contribution in [2.24, 2.45) is 5.92 Å². The lowest BCUT2D eigenvalue weighted by Gasteiger charge is -2.35. The van der Waals surface area contributed by atoms with Gasteiger partial charge in [-0.05, 0) is 57.7 Å². The van der Waals surface area contributed by atoms with E-state index < -0.39 is 23.9 Å². The van der Waals surface area contributed by atoms with E-state index in [2.05, 4.69) is 20.9 Å². The van der Waals surface area contributed by atoms with Crippen LogP contribution in [0, 0.1) is 11.7 Å². The molecule has 1 aliphatic heterocycles. The molecule has 31 heavy (non-hydrogen) atoms. The lowest BCUT2D eigenvalue weighted by molar-refractivity contribution is -0.142. The molecule has 9 heteroatoms. The lowest BCUT2D eigenvalue weighted by Crippen LogP contribution is -2.57. The molecular weight excluding hydrogens is 401 g/mol. The first-order chi connectivity index (χ1) is 14.9. The largest absolute Gasteiger partial charge is 0.343 e. The van der Waals surface area contributed by atoms with Crippen molar-refractivity contribution in [2.45, 2.75) is 70.0 Å². The monoisotopic (exact) mass is 433 g/mol. The van der Waals surface area contributed by atoms with E-state index in [0.29, 0.717) is 19.4 Å². The highest BCUT2D eigenvalue weighted by Crippen LogP contribution is 2.29. The van der Waals surface area contributed by atoms with Crippen LogP contribution in [0.5, 0.6) is 0 Å². The predicted molar refractivity (Wildman–Crippen MR) is 115 cm³/mol. The van der Waals surface area contributed by atoms with Crippen molar-refractivity contribution in [3.05, 3.63) is 24.1 Å². The Balaban J connectivity index is 1.73. The minimum atomic E-state index is -0.638. The number of nitrogens with zero attached hydrogens (tertiary/aromatic N) is 2. The van der Waals surface area contributed by atoms with Gasteiger partial charge >= 0.3 is 0 Å². The molecule has 3 rings (SSSR count). The Morgan fingerprint density at radius 1 is 1.13 bits per heavy atom. The molecule has 8 nitrogen and oxygen atoms in total. The van der Waals surface area contributed by atoms with E-state index >= 15 is 0 Å². The summed E-state index contributed by atoms with van der Waals surface area (Å²) in [4.78, 5) is 44.4. The summed E-state index contributed by atoms with van der Waals surface area (Å²) in [5.74, 6) is -0.946. The van der Waals surface area contributed by atoms with E-state index in [1.807, 2.05) is 0 Å². The molecule has 1 aliphatic carbocycles. The number of carbonyl (C=O) groups excluding carboxylic acids is 3. The van der Waals surface area contributed by atoms with Crippen LogP contribution in [0.3, 0.4) is 0 Å². The number of halogens is 1. The highest BCUT2D eigenvalue weighted by Gasteiger charge is 2.41. The van der Waals surface area contributed by atoms with Crippen molar-refractivity contribution < 1.29 is 18.8 Å². The predicted octanol–water partition coefficient (Wildman–Crippen LogP) is 1.82. The molecule has 3 atom stereocenters. The van der Waals surface area contributed by atoms with Gasteiger partial charge < -0.3 is 20.9 Å². The van der Waals surface area contributed by atoms with Gasteiger partial charge in [-0.25, -0.2) is 9.37 Å². The summed E-state index contributed by atoms with van der Waals surface area (Å²) in [5, 5.41) is 8.53. The second-order valence-electron chi connectivity index (χ2n) is 8.44. The summed E-state index contributed by atoms with van der Waals surface area (Å²) in [6.45, 7) is 2.22. The van der Waals surface area contributed by atoms with Crippen LogP contribution in [0.25, 0.3) is 0 Å². The molecular formula is C22H32FN5O3. The van der Waals surface area contributed by atoms with Gasteiger partial charge in [-0.15, -0.1) is 0 Å². The van der Waals surface area contributed by atoms with Crippen molar-refractivity contribution in [1.82, 2.24) is 20.5 Å². The number of likely N-dealkylation sites (tertiary alicyclic amines) is 1. The molecule has 0 radical (unpaired) electrons. The van der Waals surface area contributed by atoms with Crippen molar-refractivity contribution in [3.8, 4) is 0 Å². The lowest BCUT2D eigenvalue weighted by atomic mass is 9.83. The van der Waals surface area contributed by atoms with Crippen LogP contribution in [0.4, 0.5) is 10.2 Å². The van der Waals surface area contributed by atoms with Crippen LogP contribution in [0.2, 0.25) is 0 Å². The van der Waals surface area contributed by atoms with Gasteiger partial charge in [0.25, 0.3) is 0 Å². The van der Waals surface area contributed by atoms with Crippen LogP contribution < -0.4 is 16.0 Å². The van der Waals surface area contributed by atoms with Crippen LogP contribution in [-0.2, 0) is 14.4 Å². The molecule has 1 saturated heterocycles. The molecule has 0 aromatic carbocycles. The number of aromatic nitrogens is 1. The van der Waals surface area contributed by atoms with Crippen molar-refractivity contribution in [1.29, 1.82) is 0 Å². The number of amides is 3. The van der Waals surface area contributed by atoms with Crippen LogP contribution in [-0.4, -0.2) is 59.3 Å². The standard InChI is InChI=1S/C22H32FN5O3/c1-14(24-2)20(29)27-19(15-7-4-3-5-8-15)22(31)28-12-6-9-17(28)21(30)26-18-11-10-16(23)13-25-18/h10-11,13-15,17,19,24H,3-9,12H2,1-2H3,(H,27,29)(H,25,26,30)/t14-,17-,19-/m0/s1. The Morgan fingerprint density at radius 3 is 2.52 bits per heavy atom. The summed E-state index contributed by atoms with van der Waals surface area (Å²) >= 11 is 0. The first-order valence-electron chi connectivity index (χ1n) is 11.1. The number of anilines is 1. The summed E-state index contributed by atoms with van der Waals surface area (Å²) in [6.07, 6.45) is 7.25. The zero-order valence-electron chi connectivity index (χ0n) is 18.2. The summed E-state index contributed by atoms with van der Waals surface area (Å²) in [7, 11) is 1.70. The van der Waals surface area contributed by atoms with Crippen molar-refractivity contribution in [3.63, 3.8) is 0 Å². The van der Waals surface area contributed by atoms with Gasteiger partial charge in [0.2, 0.25) is 17.7 Å². The van der Waals surface area contributed by atoms with E-state index in [1.54, 1.807) is 18.9 Å². The van der Waals surface area contributed by atoms with E-state index in [4.69, 9.17) is 0 Å². The van der Waals surface area contributed by atoms with Gasteiger partial charge in [0, 0.05) is 6.54 Å². The molecule has 1 aromatic rings. The topological polar surface area (TPSA) is 103 Å². The maximum absolute atomic E-state index is 13.5. The number of nitrogens with one attached hydrogen (secondary N) is 3. The molecule has 2 heterocycles. The molecule has 1 saturated carbocycles. The summed E-state index contributed by atoms with van der Waals surface area (Å²) in [6, 6.07) is 0.919. The third-order valence-electron chi connectivity index (χ3n) is 6.33. The minimum absolute atomic E-state index is 0.0670. The Morgan fingerprint density at radius 2 is 1.87 bits per heavy atom. The first kappa shape index (κ1) is 23.1. The van der Waals surface area contributed by atoms with E-state index in [9.17, 15) is 18.8 Å². The molecule has 0 spiro atoms. The fraction of sp³-hybridized carbons (Fsp3) is 0.636. The zero-order chi connectivity index (χ0) is 22.4. The van der Waals surface area contributed by atoms with Crippen LogP contribution >= 0.6 is 0 Å². The number of pyridine rings is 1. The Bertz CT molecular complexity index is 782. The number of likely N-dealkylation sites (N-methyl/N-ethyl adjacent to an activating group) is 1. The zero-order valence-corrected chi connectivity index (χ0v) is 18.2. The SMILES string of the molecule is CN[C@@H](C)C(=O)N[C@H](C(=O)N1CCC[C@H]1C(=O)Nc1ccc(F)cn1)C1CCCCC1. The molecule has 0 unspecified atom stereocenters. The Labute approximate surface area is 182 Å². The van der Waals surface area contributed by atoms with Crippen molar-refractivity contribution >= 4 is 23.5 Å². The van der Waals surface area contributed by atoms with Gasteiger partial charge in [0.1, 0.15) is 23.7 Å². The highest BCUT2D eigenvalue weighted by atomic mass is 19.1. The molecule has 1 aromatic heterocycles. The maximum Gasteiger partial charge on any atom is 0.248 e. The van der Waals surface area contributed by atoms with Crippen LogP contribution in [0.1, 0.15) is 51.9 Å². The maximum atomic E-state index is 13.5. The van der Waals surface area contributed by atoms with Gasteiger partial charge in [-0.2, -0.15) is 0 Å². The fourth-order valence-electron chi connectivity index (χ4n) is 4.40. The second kappa shape index (κ2) is 10.7. The third-order valence-corrected chi connectivity index (χ3v) is 6.33. The van der Waals surface area contributed by atoms with E-state index in [1.165, 1.54) is 12.1 Å².